The molecule has 1 fully saturated rings. The Labute approximate surface area is 414 Å². The highest BCUT2D eigenvalue weighted by Gasteiger charge is 2.52. The van der Waals surface area contributed by atoms with Crippen molar-refractivity contribution in [1.82, 2.24) is 20.0 Å². The van der Waals surface area contributed by atoms with Crippen LogP contribution < -0.4 is 15.3 Å². The summed E-state index contributed by atoms with van der Waals surface area (Å²) in [6.45, 7) is 17.3. The lowest BCUT2D eigenvalue weighted by atomic mass is 9.82. The molecule has 0 saturated carbocycles. The summed E-state index contributed by atoms with van der Waals surface area (Å²) in [6, 6.07) is 24.0. The molecular formula is C53H64BBrF2N6O6. The van der Waals surface area contributed by atoms with Crippen LogP contribution in [0.15, 0.2) is 114 Å². The van der Waals surface area contributed by atoms with Gasteiger partial charge in [0.15, 0.2) is 11.6 Å². The summed E-state index contributed by atoms with van der Waals surface area (Å²) in [4.78, 5) is 41.1. The topological polar surface area (TPSA) is 132 Å². The molecular weight excluding hydrogens is 945 g/mol. The molecule has 6 aromatic rings. The molecule has 0 unspecified atom stereocenters. The lowest BCUT2D eigenvalue weighted by molar-refractivity contribution is 0.00578. The molecule has 3 heterocycles. The SMILES string of the molecule is CC(C)(C)OC(=O)n1cc(B2OC(C)(C)C(C)(C)O2)cn1.C[C@@H](CC(=O)c1ccc(-c2cn[nH]c2)c(N(C)C)c1)c1ccc(F)cc1.C[C@@H](CC(=O)c1ccc(Br)c(N(C)C)c1)c1ccc(F)cc1. The third-order valence-corrected chi connectivity index (χ3v) is 12.6. The quantitative estimate of drug-likeness (QED) is 0.0933. The van der Waals surface area contributed by atoms with Crippen LogP contribution in [0.25, 0.3) is 11.1 Å². The molecule has 1 N–H and O–H groups in total. The largest absolute Gasteiger partial charge is 0.498 e. The van der Waals surface area contributed by atoms with Crippen LogP contribution in [-0.4, -0.2) is 89.7 Å². The Morgan fingerprint density at radius 3 is 1.68 bits per heavy atom. The van der Waals surface area contributed by atoms with E-state index in [2.05, 4.69) is 31.2 Å². The first kappa shape index (κ1) is 54.0. The van der Waals surface area contributed by atoms with Crippen molar-refractivity contribution >= 4 is 57.5 Å². The third-order valence-electron chi connectivity index (χ3n) is 11.9. The number of aromatic nitrogens is 4. The Morgan fingerprint density at radius 2 is 1.23 bits per heavy atom. The standard InChI is InChI=1S/C21H22FN3O.C18H19BrFNO.C14H23BN2O4/c1-14(15-4-7-18(22)8-5-15)10-21(26)16-6-9-19(17-12-23-24-13-17)20(11-16)25(2)3;1-12(13-4-7-15(20)8-5-13)10-18(22)14-6-9-16(19)17(11-14)21(2)3;1-12(2,3)19-11(18)17-9-10(8-16-17)15-20-13(4,5)14(6,7)21-15/h4-9,11-14H,10H2,1-3H3,(H,23,24);4-9,11-12H,10H2,1-3H3;8-9H,1-7H3/t14-;12-;/m00./s1. The zero-order valence-electron chi connectivity index (χ0n) is 41.9. The number of hydrogen-bond donors (Lipinski definition) is 1. The van der Waals surface area contributed by atoms with Crippen LogP contribution in [0.2, 0.25) is 0 Å². The Bertz CT molecular complexity index is 2670. The van der Waals surface area contributed by atoms with E-state index in [-0.39, 0.29) is 35.0 Å². The van der Waals surface area contributed by atoms with Crippen LogP contribution in [0.1, 0.15) is 119 Å². The number of ketones is 2. The molecule has 16 heteroatoms. The molecule has 7 rings (SSSR count). The fraction of sp³-hybridized carbons (Fsp3) is 0.377. The van der Waals surface area contributed by atoms with E-state index in [0.717, 1.165) is 42.8 Å². The van der Waals surface area contributed by atoms with Crippen LogP contribution in [0.3, 0.4) is 0 Å². The number of nitrogens with zero attached hydrogens (tertiary/aromatic N) is 5. The van der Waals surface area contributed by atoms with Gasteiger partial charge in [-0.25, -0.2) is 13.6 Å². The maximum Gasteiger partial charge on any atom is 0.498 e. The molecule has 2 atom stereocenters. The van der Waals surface area contributed by atoms with Crippen LogP contribution in [0, 0.1) is 11.6 Å². The number of anilines is 2. The predicted octanol–water partition coefficient (Wildman–Crippen LogP) is 11.7. The van der Waals surface area contributed by atoms with Crippen LogP contribution >= 0.6 is 15.9 Å². The van der Waals surface area contributed by atoms with Gasteiger partial charge in [0.1, 0.15) is 17.2 Å². The Kier molecular flexibility index (Phi) is 17.7. The molecule has 0 radical (unpaired) electrons. The minimum Gasteiger partial charge on any atom is -0.442 e. The van der Waals surface area contributed by atoms with Crippen molar-refractivity contribution in [2.24, 2.45) is 0 Å². The number of halogens is 3. The summed E-state index contributed by atoms with van der Waals surface area (Å²) in [6.07, 6.45) is 7.00. The van der Waals surface area contributed by atoms with Gasteiger partial charge in [0.05, 0.1) is 23.1 Å². The van der Waals surface area contributed by atoms with Crippen molar-refractivity contribution in [3.8, 4) is 11.1 Å². The van der Waals surface area contributed by atoms with E-state index in [4.69, 9.17) is 14.0 Å². The number of Topliss-reactive ketones (excluding diaryl/α,β-unsaturated/α-hetero) is 2. The van der Waals surface area contributed by atoms with Gasteiger partial charge in [0.2, 0.25) is 0 Å². The zero-order valence-corrected chi connectivity index (χ0v) is 43.4. The summed E-state index contributed by atoms with van der Waals surface area (Å²) >= 11 is 3.49. The van der Waals surface area contributed by atoms with E-state index in [1.54, 1.807) is 42.9 Å². The molecule has 2 aromatic heterocycles. The third kappa shape index (κ3) is 14.5. The van der Waals surface area contributed by atoms with Crippen molar-refractivity contribution in [2.75, 3.05) is 38.0 Å². The van der Waals surface area contributed by atoms with E-state index >= 15 is 0 Å². The molecule has 4 aromatic carbocycles. The first-order valence-electron chi connectivity index (χ1n) is 22.7. The molecule has 0 bridgehead atoms. The minimum absolute atomic E-state index is 0.0273. The molecule has 1 aliphatic rings. The second-order valence-electron chi connectivity index (χ2n) is 19.6. The predicted molar refractivity (Wildman–Crippen MR) is 274 cm³/mol. The summed E-state index contributed by atoms with van der Waals surface area (Å²) in [7, 11) is 7.25. The van der Waals surface area contributed by atoms with Gasteiger partial charge in [-0.05, 0) is 130 Å². The van der Waals surface area contributed by atoms with Crippen molar-refractivity contribution in [3.05, 3.63) is 148 Å². The van der Waals surface area contributed by atoms with Gasteiger partial charge < -0.3 is 23.8 Å². The number of hydrogen-bond acceptors (Lipinski definition) is 10. The van der Waals surface area contributed by atoms with Crippen LogP contribution in [0.4, 0.5) is 25.0 Å². The van der Waals surface area contributed by atoms with Gasteiger partial charge in [0.25, 0.3) is 0 Å². The van der Waals surface area contributed by atoms with E-state index in [0.29, 0.717) is 29.4 Å². The Hall–Kier alpha value is -5.97. The normalized spacial score (nSPS) is 14.6. The zero-order chi connectivity index (χ0) is 51.0. The number of rotatable bonds is 12. The number of carbonyl (C=O) groups is 3. The smallest absolute Gasteiger partial charge is 0.442 e. The van der Waals surface area contributed by atoms with Crippen molar-refractivity contribution in [2.45, 2.75) is 104 Å². The van der Waals surface area contributed by atoms with Crippen molar-refractivity contribution < 1.29 is 37.2 Å². The van der Waals surface area contributed by atoms with Crippen LogP contribution in [-0.2, 0) is 14.0 Å². The maximum atomic E-state index is 13.1. The summed E-state index contributed by atoms with van der Waals surface area (Å²) in [5.41, 5.74) is 6.52. The number of benzene rings is 4. The summed E-state index contributed by atoms with van der Waals surface area (Å²) in [5, 5.41) is 10.8. The highest BCUT2D eigenvalue weighted by Crippen LogP contribution is 2.37. The molecule has 0 aliphatic carbocycles. The number of carbonyl (C=O) groups excluding carboxylic acids is 3. The van der Waals surface area contributed by atoms with Crippen molar-refractivity contribution in [1.29, 1.82) is 0 Å². The van der Waals surface area contributed by atoms with Gasteiger partial charge in [-0.3, -0.25) is 14.7 Å². The fourth-order valence-corrected chi connectivity index (χ4v) is 7.80. The lowest BCUT2D eigenvalue weighted by Gasteiger charge is -2.32. The van der Waals surface area contributed by atoms with Gasteiger partial charge >= 0.3 is 13.2 Å². The molecule has 0 spiro atoms. The second-order valence-corrected chi connectivity index (χ2v) is 20.5. The van der Waals surface area contributed by atoms with Gasteiger partial charge in [0, 0.05) is 97.5 Å². The van der Waals surface area contributed by atoms with Gasteiger partial charge in [-0.2, -0.15) is 14.9 Å². The highest BCUT2D eigenvalue weighted by atomic mass is 79.9. The Morgan fingerprint density at radius 1 is 0.754 bits per heavy atom. The van der Waals surface area contributed by atoms with Crippen LogP contribution in [0.5, 0.6) is 0 Å². The Balaban J connectivity index is 0.000000195. The molecule has 0 amide bonds. The van der Waals surface area contributed by atoms with E-state index < -0.39 is 30.0 Å². The molecule has 12 nitrogen and oxygen atoms in total. The average molecular weight is 1010 g/mol. The molecule has 69 heavy (non-hydrogen) atoms. The van der Waals surface area contributed by atoms with Gasteiger partial charge in [-0.1, -0.05) is 56.3 Å². The number of aromatic amines is 1. The highest BCUT2D eigenvalue weighted by molar-refractivity contribution is 9.10. The second kappa shape index (κ2) is 22.6. The number of ether oxygens (including phenoxy) is 1. The number of nitrogens with one attached hydrogen (secondary N) is 1. The van der Waals surface area contributed by atoms with E-state index in [1.165, 1.54) is 24.3 Å². The average Bonchev–Trinajstić information content (AvgIpc) is 4.04. The maximum absolute atomic E-state index is 13.1. The molecule has 1 saturated heterocycles. The molecule has 366 valence electrons. The summed E-state index contributed by atoms with van der Waals surface area (Å²) in [5.74, 6) is -0.279. The lowest BCUT2D eigenvalue weighted by Crippen LogP contribution is -2.41. The summed E-state index contributed by atoms with van der Waals surface area (Å²) < 4.78 is 45.2. The van der Waals surface area contributed by atoms with E-state index in [1.807, 2.05) is 143 Å². The number of H-pyrrole nitrogens is 1. The first-order valence-corrected chi connectivity index (χ1v) is 23.5. The fourth-order valence-electron chi connectivity index (χ4n) is 7.20. The van der Waals surface area contributed by atoms with Gasteiger partial charge in [-0.15, -0.1) is 0 Å². The van der Waals surface area contributed by atoms with Crippen molar-refractivity contribution in [3.63, 3.8) is 0 Å². The monoisotopic (exact) mass is 1010 g/mol. The van der Waals surface area contributed by atoms with E-state index in [9.17, 15) is 23.2 Å². The molecule has 1 aliphatic heterocycles. The minimum atomic E-state index is -0.562. The first-order chi connectivity index (χ1) is 32.2.